The molecule has 0 aliphatic carbocycles. The summed E-state index contributed by atoms with van der Waals surface area (Å²) in [6.45, 7) is 2.20. The van der Waals surface area contributed by atoms with Crippen molar-refractivity contribution >= 4 is 17.7 Å². The first-order valence-corrected chi connectivity index (χ1v) is 8.14. The van der Waals surface area contributed by atoms with Crippen molar-refractivity contribution in [2.24, 2.45) is 0 Å². The number of hydrogen-bond donors (Lipinski definition) is 2. The maximum Gasteiger partial charge on any atom is 0.254 e. The number of aliphatic hydroxyl groups is 1. The van der Waals surface area contributed by atoms with E-state index in [-0.39, 0.29) is 30.8 Å². The molecule has 8 nitrogen and oxygen atoms in total. The third kappa shape index (κ3) is 3.17. The lowest BCUT2D eigenvalue weighted by Gasteiger charge is -2.45. The summed E-state index contributed by atoms with van der Waals surface area (Å²) in [7, 11) is 1.55. The molecule has 0 radical (unpaired) electrons. The van der Waals surface area contributed by atoms with Crippen LogP contribution >= 0.6 is 0 Å². The zero-order valence-electron chi connectivity index (χ0n) is 14.1. The van der Waals surface area contributed by atoms with E-state index in [1.54, 1.807) is 36.3 Å². The van der Waals surface area contributed by atoms with Crippen molar-refractivity contribution in [2.75, 3.05) is 26.7 Å². The molecule has 2 saturated heterocycles. The van der Waals surface area contributed by atoms with E-state index in [1.165, 1.54) is 11.8 Å². The summed E-state index contributed by atoms with van der Waals surface area (Å²) >= 11 is 0. The van der Waals surface area contributed by atoms with Crippen LogP contribution in [0.1, 0.15) is 17.3 Å². The largest absolute Gasteiger partial charge is 0.497 e. The molecule has 2 fully saturated rings. The zero-order valence-corrected chi connectivity index (χ0v) is 14.1. The molecule has 3 atom stereocenters. The highest BCUT2D eigenvalue weighted by Gasteiger charge is 2.45. The first-order chi connectivity index (χ1) is 11.9. The molecular formula is C17H21N3O5. The first kappa shape index (κ1) is 17.2. The van der Waals surface area contributed by atoms with E-state index in [4.69, 9.17) is 4.74 Å². The van der Waals surface area contributed by atoms with Crippen molar-refractivity contribution in [3.63, 3.8) is 0 Å². The van der Waals surface area contributed by atoms with Crippen molar-refractivity contribution in [3.05, 3.63) is 29.8 Å². The SMILES string of the molecule is COc1ccc(C(=O)N2CCN3C(=O)[C@@H]([C@H](C)O)NC(=O)[C@H]3C2)cc1. The minimum Gasteiger partial charge on any atom is -0.497 e. The van der Waals surface area contributed by atoms with Crippen LogP contribution in [-0.4, -0.2) is 77.6 Å². The summed E-state index contributed by atoms with van der Waals surface area (Å²) in [6, 6.07) is 5.10. The quantitative estimate of drug-likeness (QED) is 0.748. The molecule has 2 aliphatic rings. The Hall–Kier alpha value is -2.61. The summed E-state index contributed by atoms with van der Waals surface area (Å²) < 4.78 is 5.08. The van der Waals surface area contributed by atoms with Crippen LogP contribution < -0.4 is 10.1 Å². The Balaban J connectivity index is 1.73. The number of rotatable bonds is 3. The van der Waals surface area contributed by atoms with E-state index in [0.29, 0.717) is 17.9 Å². The molecule has 2 aliphatic heterocycles. The van der Waals surface area contributed by atoms with Crippen molar-refractivity contribution < 1.29 is 24.2 Å². The number of hydrogen-bond acceptors (Lipinski definition) is 5. The second-order valence-electron chi connectivity index (χ2n) is 6.25. The van der Waals surface area contributed by atoms with E-state index < -0.39 is 18.2 Å². The van der Waals surface area contributed by atoms with E-state index in [1.807, 2.05) is 0 Å². The Morgan fingerprint density at radius 3 is 2.56 bits per heavy atom. The molecule has 2 heterocycles. The monoisotopic (exact) mass is 347 g/mol. The molecule has 25 heavy (non-hydrogen) atoms. The van der Waals surface area contributed by atoms with Gasteiger partial charge in [0.2, 0.25) is 11.8 Å². The molecule has 8 heteroatoms. The highest BCUT2D eigenvalue weighted by Crippen LogP contribution is 2.20. The second kappa shape index (κ2) is 6.72. The number of nitrogens with one attached hydrogen (secondary N) is 1. The molecule has 1 aromatic rings. The number of piperazine rings is 2. The van der Waals surface area contributed by atoms with E-state index >= 15 is 0 Å². The average molecular weight is 347 g/mol. The van der Waals surface area contributed by atoms with Crippen molar-refractivity contribution in [1.29, 1.82) is 0 Å². The summed E-state index contributed by atoms with van der Waals surface area (Å²) in [5.41, 5.74) is 0.499. The Kier molecular flexibility index (Phi) is 4.63. The number of benzene rings is 1. The highest BCUT2D eigenvalue weighted by atomic mass is 16.5. The van der Waals surface area contributed by atoms with Crippen LogP contribution in [0.5, 0.6) is 5.75 Å². The van der Waals surface area contributed by atoms with Crippen LogP contribution in [0.25, 0.3) is 0 Å². The summed E-state index contributed by atoms with van der Waals surface area (Å²) in [5, 5.41) is 12.2. The fraction of sp³-hybridized carbons (Fsp3) is 0.471. The van der Waals surface area contributed by atoms with Gasteiger partial charge in [-0.15, -0.1) is 0 Å². The van der Waals surface area contributed by atoms with Crippen molar-refractivity contribution in [3.8, 4) is 5.75 Å². The topological polar surface area (TPSA) is 99.2 Å². The average Bonchev–Trinajstić information content (AvgIpc) is 2.63. The van der Waals surface area contributed by atoms with Gasteiger partial charge >= 0.3 is 0 Å². The Morgan fingerprint density at radius 1 is 1.28 bits per heavy atom. The van der Waals surface area contributed by atoms with E-state index in [0.717, 1.165) is 0 Å². The lowest BCUT2D eigenvalue weighted by atomic mass is 10.0. The van der Waals surface area contributed by atoms with Gasteiger partial charge in [0.1, 0.15) is 17.8 Å². The Morgan fingerprint density at radius 2 is 1.96 bits per heavy atom. The fourth-order valence-electron chi connectivity index (χ4n) is 3.19. The number of carbonyl (C=O) groups is 3. The number of carbonyl (C=O) groups excluding carboxylic acids is 3. The van der Waals surface area contributed by atoms with Gasteiger partial charge in [-0.05, 0) is 31.2 Å². The third-order valence-corrected chi connectivity index (χ3v) is 4.64. The Labute approximate surface area is 145 Å². The molecule has 0 bridgehead atoms. The van der Waals surface area contributed by atoms with Crippen LogP contribution in [0.3, 0.4) is 0 Å². The van der Waals surface area contributed by atoms with Gasteiger partial charge in [-0.3, -0.25) is 14.4 Å². The predicted molar refractivity (Wildman–Crippen MR) is 88.0 cm³/mol. The van der Waals surface area contributed by atoms with Crippen LogP contribution in [0.2, 0.25) is 0 Å². The summed E-state index contributed by atoms with van der Waals surface area (Å²) in [5.74, 6) is -0.197. The maximum atomic E-state index is 12.6. The predicted octanol–water partition coefficient (Wildman–Crippen LogP) is -0.773. The van der Waals surface area contributed by atoms with Gasteiger partial charge in [-0.25, -0.2) is 0 Å². The maximum absolute atomic E-state index is 12.6. The molecule has 1 aromatic carbocycles. The van der Waals surface area contributed by atoms with E-state index in [2.05, 4.69) is 5.32 Å². The lowest BCUT2D eigenvalue weighted by molar-refractivity contribution is -0.155. The van der Waals surface area contributed by atoms with Crippen LogP contribution in [0, 0.1) is 0 Å². The number of amides is 3. The number of nitrogens with zero attached hydrogens (tertiary/aromatic N) is 2. The molecule has 134 valence electrons. The van der Waals surface area contributed by atoms with Crippen LogP contribution in [0.4, 0.5) is 0 Å². The molecule has 0 aromatic heterocycles. The van der Waals surface area contributed by atoms with Gasteiger partial charge in [0.05, 0.1) is 19.8 Å². The summed E-state index contributed by atoms with van der Waals surface area (Å²) in [6.07, 6.45) is -0.962. The van der Waals surface area contributed by atoms with Crippen LogP contribution in [-0.2, 0) is 9.59 Å². The number of aliphatic hydroxyl groups excluding tert-OH is 1. The fourth-order valence-corrected chi connectivity index (χ4v) is 3.19. The minimum atomic E-state index is -0.962. The smallest absolute Gasteiger partial charge is 0.254 e. The molecule has 3 amide bonds. The van der Waals surface area contributed by atoms with Gasteiger partial charge in [0, 0.05) is 18.7 Å². The van der Waals surface area contributed by atoms with Crippen molar-refractivity contribution in [1.82, 2.24) is 15.1 Å². The molecule has 2 N–H and O–H groups in total. The number of methoxy groups -OCH3 is 1. The van der Waals surface area contributed by atoms with Gasteiger partial charge in [0.25, 0.3) is 5.91 Å². The number of fused-ring (bicyclic) bond motifs is 1. The number of ether oxygens (including phenoxy) is 1. The zero-order chi connectivity index (χ0) is 18.1. The van der Waals surface area contributed by atoms with Crippen LogP contribution in [0.15, 0.2) is 24.3 Å². The molecule has 0 unspecified atom stereocenters. The molecule has 0 spiro atoms. The molecule has 0 saturated carbocycles. The third-order valence-electron chi connectivity index (χ3n) is 4.64. The standard InChI is InChI=1S/C17H21N3O5/c1-10(21)14-17(24)20-8-7-19(9-13(20)15(22)18-14)16(23)11-3-5-12(25-2)6-4-11/h3-6,10,13-14,21H,7-9H2,1-2H3,(H,18,22)/t10-,13+,14+/m0/s1. The molecule has 3 rings (SSSR count). The minimum absolute atomic E-state index is 0.134. The highest BCUT2D eigenvalue weighted by molar-refractivity contribution is 5.99. The van der Waals surface area contributed by atoms with E-state index in [9.17, 15) is 19.5 Å². The van der Waals surface area contributed by atoms with Gasteiger partial charge in [0.15, 0.2) is 0 Å². The van der Waals surface area contributed by atoms with Gasteiger partial charge in [-0.1, -0.05) is 0 Å². The first-order valence-electron chi connectivity index (χ1n) is 8.14. The van der Waals surface area contributed by atoms with Crippen molar-refractivity contribution in [2.45, 2.75) is 25.1 Å². The normalized spacial score (nSPS) is 24.4. The Bertz CT molecular complexity index is 688. The summed E-state index contributed by atoms with van der Waals surface area (Å²) in [4.78, 5) is 40.4. The lowest BCUT2D eigenvalue weighted by Crippen LogP contribution is -2.71. The van der Waals surface area contributed by atoms with Gasteiger partial charge < -0.3 is 25.0 Å². The van der Waals surface area contributed by atoms with Gasteiger partial charge in [-0.2, -0.15) is 0 Å². The molecular weight excluding hydrogens is 326 g/mol. The second-order valence-corrected chi connectivity index (χ2v) is 6.25.